The van der Waals surface area contributed by atoms with Crippen molar-refractivity contribution in [2.75, 3.05) is 0 Å². The molecular weight excluding hydrogens is 573 g/mol. The smallest absolute Gasteiger partial charge is 0.164 e. The van der Waals surface area contributed by atoms with E-state index in [2.05, 4.69) is 96.1 Å². The van der Waals surface area contributed by atoms with E-state index in [0.717, 1.165) is 22.9 Å². The van der Waals surface area contributed by atoms with Gasteiger partial charge in [-0.2, -0.15) is 0 Å². The van der Waals surface area contributed by atoms with Crippen molar-refractivity contribution in [3.05, 3.63) is 83.6 Å². The molecule has 0 N–H and O–H groups in total. The van der Waals surface area contributed by atoms with Crippen LogP contribution in [0.5, 0.6) is 0 Å². The molecule has 0 saturated carbocycles. The van der Waals surface area contributed by atoms with E-state index in [4.69, 9.17) is 19.9 Å². The lowest BCUT2D eigenvalue weighted by Gasteiger charge is -2.33. The molecule has 4 aromatic rings. The number of pyridine rings is 1. The molecule has 0 aliphatic heterocycles. The van der Waals surface area contributed by atoms with Gasteiger partial charge in [-0.25, -0.2) is 15.0 Å². The van der Waals surface area contributed by atoms with Crippen molar-refractivity contribution in [1.29, 1.82) is 0 Å². The Balaban J connectivity index is 1.47. The van der Waals surface area contributed by atoms with Gasteiger partial charge in [-0.15, -0.1) is 0 Å². The van der Waals surface area contributed by atoms with Crippen molar-refractivity contribution in [3.63, 3.8) is 0 Å². The maximum Gasteiger partial charge on any atom is 0.164 e. The Bertz CT molecular complexity index is 1530. The minimum absolute atomic E-state index is 0.0722. The third-order valence-corrected chi connectivity index (χ3v) is 10.2. The summed E-state index contributed by atoms with van der Waals surface area (Å²) in [4.78, 5) is 19.4. The molecule has 0 radical (unpaired) electrons. The quantitative estimate of drug-likeness (QED) is 0.103. The molecule has 0 spiro atoms. The number of nitrogens with zero attached hydrogens (tertiary/aromatic N) is 4. The van der Waals surface area contributed by atoms with Crippen LogP contribution in [-0.4, -0.2) is 19.9 Å². The lowest BCUT2D eigenvalue weighted by atomic mass is 9.70. The largest absolute Gasteiger partial charge is 0.255 e. The SMILES string of the molecule is CCCCCCCCC1(CCCCCCCC)c2ccccc2-c2ccc(-c3ccc(-c4nc(C(C)C)nc(C(C)C)n4)cn3)cc21. The molecule has 2 aromatic heterocycles. The van der Waals surface area contributed by atoms with Gasteiger partial charge in [-0.3, -0.25) is 4.98 Å². The van der Waals surface area contributed by atoms with Crippen LogP contribution in [0, 0.1) is 0 Å². The molecule has 0 fully saturated rings. The highest BCUT2D eigenvalue weighted by atomic mass is 15.0. The molecule has 4 heteroatoms. The average molecular weight is 631 g/mol. The first-order valence-electron chi connectivity index (χ1n) is 18.8. The number of fused-ring (bicyclic) bond motifs is 3. The van der Waals surface area contributed by atoms with Crippen LogP contribution in [0.15, 0.2) is 60.8 Å². The summed E-state index contributed by atoms with van der Waals surface area (Å²) in [6, 6.07) is 20.7. The summed E-state index contributed by atoms with van der Waals surface area (Å²) in [5, 5.41) is 0. The highest BCUT2D eigenvalue weighted by Crippen LogP contribution is 2.55. The molecule has 0 unspecified atom stereocenters. The summed E-state index contributed by atoms with van der Waals surface area (Å²) in [7, 11) is 0. The molecule has 5 rings (SSSR count). The summed E-state index contributed by atoms with van der Waals surface area (Å²) < 4.78 is 0. The Morgan fingerprint density at radius 2 is 1.11 bits per heavy atom. The van der Waals surface area contributed by atoms with Gasteiger partial charge in [0.15, 0.2) is 5.82 Å². The van der Waals surface area contributed by atoms with E-state index in [9.17, 15) is 0 Å². The first kappa shape index (κ1) is 34.9. The molecule has 1 aliphatic rings. The van der Waals surface area contributed by atoms with E-state index >= 15 is 0 Å². The van der Waals surface area contributed by atoms with Gasteiger partial charge in [-0.05, 0) is 53.3 Å². The van der Waals surface area contributed by atoms with Gasteiger partial charge in [0, 0.05) is 34.6 Å². The Hall–Kier alpha value is -3.40. The third kappa shape index (κ3) is 8.19. The lowest BCUT2D eigenvalue weighted by Crippen LogP contribution is -2.25. The van der Waals surface area contributed by atoms with E-state index in [1.54, 1.807) is 5.56 Å². The zero-order valence-electron chi connectivity index (χ0n) is 30.1. The molecule has 4 nitrogen and oxygen atoms in total. The highest BCUT2D eigenvalue weighted by molar-refractivity contribution is 5.83. The topological polar surface area (TPSA) is 51.6 Å². The fourth-order valence-electron chi connectivity index (χ4n) is 7.44. The van der Waals surface area contributed by atoms with Crippen LogP contribution < -0.4 is 0 Å². The fraction of sp³-hybridized carbons (Fsp3) is 0.535. The van der Waals surface area contributed by atoms with Crippen LogP contribution in [0.3, 0.4) is 0 Å². The molecule has 0 bridgehead atoms. The average Bonchev–Trinajstić information content (AvgIpc) is 3.36. The van der Waals surface area contributed by atoms with Gasteiger partial charge >= 0.3 is 0 Å². The van der Waals surface area contributed by atoms with E-state index in [-0.39, 0.29) is 17.3 Å². The van der Waals surface area contributed by atoms with Crippen LogP contribution in [0.2, 0.25) is 0 Å². The minimum Gasteiger partial charge on any atom is -0.255 e. The van der Waals surface area contributed by atoms with Crippen molar-refractivity contribution >= 4 is 0 Å². The Morgan fingerprint density at radius 1 is 0.553 bits per heavy atom. The van der Waals surface area contributed by atoms with E-state index < -0.39 is 0 Å². The number of hydrogen-bond acceptors (Lipinski definition) is 4. The normalized spacial score (nSPS) is 13.4. The van der Waals surface area contributed by atoms with E-state index in [0.29, 0.717) is 5.82 Å². The molecule has 250 valence electrons. The predicted octanol–water partition coefficient (Wildman–Crippen LogP) is 12.6. The maximum atomic E-state index is 5.00. The second-order valence-corrected chi connectivity index (χ2v) is 14.5. The van der Waals surface area contributed by atoms with Gasteiger partial charge in [0.05, 0.1) is 5.69 Å². The Kier molecular flexibility index (Phi) is 12.3. The zero-order chi connectivity index (χ0) is 33.2. The number of hydrogen-bond donors (Lipinski definition) is 0. The van der Waals surface area contributed by atoms with Crippen molar-refractivity contribution in [2.45, 2.75) is 149 Å². The number of unbranched alkanes of at least 4 members (excludes halogenated alkanes) is 10. The van der Waals surface area contributed by atoms with Crippen molar-refractivity contribution < 1.29 is 0 Å². The molecule has 47 heavy (non-hydrogen) atoms. The molecule has 0 amide bonds. The molecule has 1 aliphatic carbocycles. The second kappa shape index (κ2) is 16.6. The van der Waals surface area contributed by atoms with Crippen LogP contribution in [0.1, 0.15) is 166 Å². The van der Waals surface area contributed by atoms with Crippen molar-refractivity contribution in [3.8, 4) is 33.8 Å². The first-order chi connectivity index (χ1) is 22.9. The first-order valence-corrected chi connectivity index (χ1v) is 18.8. The summed E-state index contributed by atoms with van der Waals surface area (Å²) in [5.41, 5.74) is 9.13. The van der Waals surface area contributed by atoms with Crippen molar-refractivity contribution in [1.82, 2.24) is 19.9 Å². The Labute approximate surface area is 285 Å². The summed E-state index contributed by atoms with van der Waals surface area (Å²) in [6.07, 6.45) is 20.4. The molecule has 2 heterocycles. The van der Waals surface area contributed by atoms with E-state index in [1.165, 1.54) is 112 Å². The van der Waals surface area contributed by atoms with Gasteiger partial charge in [0.1, 0.15) is 11.6 Å². The summed E-state index contributed by atoms with van der Waals surface area (Å²) >= 11 is 0. The molecular formula is C43H58N4. The molecule has 2 aromatic carbocycles. The van der Waals surface area contributed by atoms with Crippen LogP contribution in [0.4, 0.5) is 0 Å². The number of aromatic nitrogens is 4. The maximum absolute atomic E-state index is 5.00. The summed E-state index contributed by atoms with van der Waals surface area (Å²) in [5.74, 6) is 2.88. The van der Waals surface area contributed by atoms with Crippen molar-refractivity contribution in [2.24, 2.45) is 0 Å². The highest BCUT2D eigenvalue weighted by Gasteiger charge is 2.42. The predicted molar refractivity (Wildman–Crippen MR) is 199 cm³/mol. The second-order valence-electron chi connectivity index (χ2n) is 14.5. The minimum atomic E-state index is 0.0722. The third-order valence-electron chi connectivity index (χ3n) is 10.2. The molecule has 0 saturated heterocycles. The Morgan fingerprint density at radius 3 is 1.68 bits per heavy atom. The van der Waals surface area contributed by atoms with Gasteiger partial charge in [0.25, 0.3) is 0 Å². The van der Waals surface area contributed by atoms with Gasteiger partial charge in [-0.1, -0.05) is 155 Å². The molecule has 0 atom stereocenters. The monoisotopic (exact) mass is 630 g/mol. The van der Waals surface area contributed by atoms with Crippen LogP contribution in [0.25, 0.3) is 33.8 Å². The number of rotatable bonds is 18. The van der Waals surface area contributed by atoms with Crippen LogP contribution >= 0.6 is 0 Å². The zero-order valence-corrected chi connectivity index (χ0v) is 30.1. The number of benzene rings is 2. The van der Waals surface area contributed by atoms with Gasteiger partial charge < -0.3 is 0 Å². The standard InChI is InChI=1S/C43H58N4/c1-7-9-11-13-15-19-27-43(28-20-16-14-12-10-8-2)37-22-18-17-21-35(37)36-25-23-33(29-38(36)43)39-26-24-34(30-44-39)42-46-40(31(3)4)45-41(47-42)32(5)6/h17-18,21-26,29-32H,7-16,19-20,27-28H2,1-6H3. The van der Waals surface area contributed by atoms with Gasteiger partial charge in [0.2, 0.25) is 0 Å². The summed E-state index contributed by atoms with van der Waals surface area (Å²) in [6.45, 7) is 13.1. The lowest BCUT2D eigenvalue weighted by molar-refractivity contribution is 0.398. The van der Waals surface area contributed by atoms with E-state index in [1.807, 2.05) is 6.20 Å². The fourth-order valence-corrected chi connectivity index (χ4v) is 7.44. The van der Waals surface area contributed by atoms with Crippen LogP contribution in [-0.2, 0) is 5.41 Å².